The van der Waals surface area contributed by atoms with E-state index in [-0.39, 0.29) is 36.6 Å². The molecule has 1 unspecified atom stereocenters. The minimum atomic E-state index is -1.05. The molecule has 1 atom stereocenters. The van der Waals surface area contributed by atoms with Gasteiger partial charge in [0, 0.05) is 13.0 Å². The molecular weight excluding hydrogens is 340 g/mol. The van der Waals surface area contributed by atoms with Crippen molar-refractivity contribution in [3.63, 3.8) is 0 Å². The summed E-state index contributed by atoms with van der Waals surface area (Å²) in [5.41, 5.74) is 0.848. The minimum Gasteiger partial charge on any atom is -0.482 e. The molecule has 0 saturated carbocycles. The van der Waals surface area contributed by atoms with E-state index in [1.165, 1.54) is 6.26 Å². The Balaban J connectivity index is 1.74. The van der Waals surface area contributed by atoms with E-state index in [9.17, 15) is 14.4 Å². The van der Waals surface area contributed by atoms with E-state index in [2.05, 4.69) is 10.6 Å². The highest BCUT2D eigenvalue weighted by Crippen LogP contribution is 2.17. The fraction of sp³-hybridized carbons (Fsp3) is 0.278. The number of carbonyl (C=O) groups excluding carboxylic acids is 2. The summed E-state index contributed by atoms with van der Waals surface area (Å²) in [7, 11) is 0. The molecule has 3 N–H and O–H groups in total. The van der Waals surface area contributed by atoms with Gasteiger partial charge in [0.05, 0.1) is 12.3 Å². The lowest BCUT2D eigenvalue weighted by Crippen LogP contribution is -2.31. The molecule has 0 bridgehead atoms. The van der Waals surface area contributed by atoms with E-state index < -0.39 is 12.6 Å². The fourth-order valence-electron chi connectivity index (χ4n) is 2.18. The molecule has 8 nitrogen and oxygen atoms in total. The van der Waals surface area contributed by atoms with Crippen LogP contribution in [-0.4, -0.2) is 36.0 Å². The number of carboxylic acids is 1. The van der Waals surface area contributed by atoms with E-state index in [1.807, 2.05) is 6.92 Å². The Bertz CT molecular complexity index is 740. The fourth-order valence-corrected chi connectivity index (χ4v) is 2.18. The van der Waals surface area contributed by atoms with Crippen molar-refractivity contribution in [3.8, 4) is 5.75 Å². The predicted octanol–water partition coefficient (Wildman–Crippen LogP) is 1.74. The van der Waals surface area contributed by atoms with Crippen molar-refractivity contribution in [2.24, 2.45) is 0 Å². The molecule has 2 rings (SSSR count). The van der Waals surface area contributed by atoms with Crippen LogP contribution in [0.15, 0.2) is 47.1 Å². The first-order valence-corrected chi connectivity index (χ1v) is 8.01. The Kier molecular flexibility index (Phi) is 6.78. The van der Waals surface area contributed by atoms with E-state index in [1.54, 1.807) is 36.4 Å². The highest BCUT2D eigenvalue weighted by Gasteiger charge is 2.12. The van der Waals surface area contributed by atoms with Gasteiger partial charge in [-0.3, -0.25) is 9.59 Å². The lowest BCUT2D eigenvalue weighted by atomic mass is 10.1. The van der Waals surface area contributed by atoms with Gasteiger partial charge in [-0.25, -0.2) is 4.79 Å². The van der Waals surface area contributed by atoms with Gasteiger partial charge >= 0.3 is 5.97 Å². The first-order chi connectivity index (χ1) is 12.5. The van der Waals surface area contributed by atoms with Crippen LogP contribution >= 0.6 is 0 Å². The number of amides is 2. The largest absolute Gasteiger partial charge is 0.482 e. The van der Waals surface area contributed by atoms with Crippen molar-refractivity contribution < 1.29 is 28.6 Å². The third-order valence-electron chi connectivity index (χ3n) is 3.50. The van der Waals surface area contributed by atoms with Crippen LogP contribution in [0.25, 0.3) is 0 Å². The number of hydrogen-bond donors (Lipinski definition) is 3. The van der Waals surface area contributed by atoms with E-state index >= 15 is 0 Å². The lowest BCUT2D eigenvalue weighted by Gasteiger charge is -2.15. The third-order valence-corrected chi connectivity index (χ3v) is 3.50. The van der Waals surface area contributed by atoms with Crippen molar-refractivity contribution >= 4 is 17.8 Å². The van der Waals surface area contributed by atoms with Crippen LogP contribution in [-0.2, 0) is 9.59 Å². The number of benzene rings is 1. The van der Waals surface area contributed by atoms with Crippen LogP contribution in [0.4, 0.5) is 0 Å². The molecule has 1 aromatic heterocycles. The molecule has 26 heavy (non-hydrogen) atoms. The van der Waals surface area contributed by atoms with Crippen LogP contribution in [0.3, 0.4) is 0 Å². The van der Waals surface area contributed by atoms with Gasteiger partial charge in [0.2, 0.25) is 5.91 Å². The third kappa shape index (κ3) is 5.97. The number of furan rings is 1. The van der Waals surface area contributed by atoms with Crippen molar-refractivity contribution in [2.45, 2.75) is 19.4 Å². The van der Waals surface area contributed by atoms with Gasteiger partial charge in [-0.2, -0.15) is 0 Å². The van der Waals surface area contributed by atoms with Crippen LogP contribution in [0.1, 0.15) is 35.5 Å². The first-order valence-electron chi connectivity index (χ1n) is 8.01. The SMILES string of the molecule is CC(NC(=O)CCNC(=O)c1ccco1)c1ccc(OCC(=O)O)cc1. The van der Waals surface area contributed by atoms with Gasteiger partial charge in [0.15, 0.2) is 12.4 Å². The molecule has 138 valence electrons. The number of rotatable bonds is 9. The molecule has 8 heteroatoms. The topological polar surface area (TPSA) is 118 Å². The normalized spacial score (nSPS) is 11.4. The summed E-state index contributed by atoms with van der Waals surface area (Å²) < 4.78 is 10.0. The second-order valence-electron chi connectivity index (χ2n) is 5.52. The Morgan fingerprint density at radius 2 is 1.92 bits per heavy atom. The van der Waals surface area contributed by atoms with Crippen molar-refractivity contribution in [1.29, 1.82) is 0 Å². The van der Waals surface area contributed by atoms with Gasteiger partial charge in [-0.1, -0.05) is 12.1 Å². The maximum atomic E-state index is 12.0. The monoisotopic (exact) mass is 360 g/mol. The number of ether oxygens (including phenoxy) is 1. The highest BCUT2D eigenvalue weighted by atomic mass is 16.5. The molecule has 1 aromatic carbocycles. The molecule has 0 fully saturated rings. The van der Waals surface area contributed by atoms with Gasteiger partial charge in [0.1, 0.15) is 5.75 Å². The number of carbonyl (C=O) groups is 3. The van der Waals surface area contributed by atoms with Crippen LogP contribution in [0.2, 0.25) is 0 Å². The zero-order chi connectivity index (χ0) is 18.9. The van der Waals surface area contributed by atoms with E-state index in [0.29, 0.717) is 5.75 Å². The maximum Gasteiger partial charge on any atom is 0.341 e. The average Bonchev–Trinajstić information content (AvgIpc) is 3.15. The maximum absolute atomic E-state index is 12.0. The smallest absolute Gasteiger partial charge is 0.341 e. The zero-order valence-electron chi connectivity index (χ0n) is 14.2. The Morgan fingerprint density at radius 1 is 1.19 bits per heavy atom. The molecule has 2 amide bonds. The molecule has 0 saturated heterocycles. The lowest BCUT2D eigenvalue weighted by molar-refractivity contribution is -0.139. The average molecular weight is 360 g/mol. The Hall–Kier alpha value is -3.29. The summed E-state index contributed by atoms with van der Waals surface area (Å²) in [6, 6.07) is 9.70. The van der Waals surface area contributed by atoms with Crippen molar-refractivity contribution in [2.75, 3.05) is 13.2 Å². The van der Waals surface area contributed by atoms with Gasteiger partial charge in [0.25, 0.3) is 5.91 Å². The van der Waals surface area contributed by atoms with Crippen LogP contribution in [0.5, 0.6) is 5.75 Å². The second kappa shape index (κ2) is 9.26. The molecular formula is C18H20N2O6. The summed E-state index contributed by atoms with van der Waals surface area (Å²) in [4.78, 5) is 34.1. The standard InChI is InChI=1S/C18H20N2O6/c1-12(13-4-6-14(7-5-13)26-11-17(22)23)20-16(21)8-9-19-18(24)15-3-2-10-25-15/h2-7,10,12H,8-9,11H2,1H3,(H,19,24)(H,20,21)(H,22,23). The van der Waals surface area contributed by atoms with Crippen molar-refractivity contribution in [1.82, 2.24) is 10.6 Å². The molecule has 0 aliphatic carbocycles. The summed E-state index contributed by atoms with van der Waals surface area (Å²) in [6.07, 6.45) is 1.54. The predicted molar refractivity (Wildman–Crippen MR) is 91.8 cm³/mol. The quantitative estimate of drug-likeness (QED) is 0.627. The number of carboxylic acid groups (broad SMARTS) is 1. The number of hydrogen-bond acceptors (Lipinski definition) is 5. The second-order valence-corrected chi connectivity index (χ2v) is 5.52. The number of aliphatic carboxylic acids is 1. The van der Waals surface area contributed by atoms with Gasteiger partial charge < -0.3 is 24.9 Å². The van der Waals surface area contributed by atoms with Crippen LogP contribution in [0, 0.1) is 0 Å². The van der Waals surface area contributed by atoms with E-state index in [0.717, 1.165) is 5.56 Å². The van der Waals surface area contributed by atoms with E-state index in [4.69, 9.17) is 14.3 Å². The summed E-state index contributed by atoms with van der Waals surface area (Å²) >= 11 is 0. The Morgan fingerprint density at radius 3 is 2.54 bits per heavy atom. The molecule has 1 heterocycles. The molecule has 0 aliphatic heterocycles. The van der Waals surface area contributed by atoms with Gasteiger partial charge in [-0.15, -0.1) is 0 Å². The molecule has 0 aliphatic rings. The summed E-state index contributed by atoms with van der Waals surface area (Å²) in [5.74, 6) is -0.982. The minimum absolute atomic E-state index is 0.136. The highest BCUT2D eigenvalue weighted by molar-refractivity contribution is 5.91. The summed E-state index contributed by atoms with van der Waals surface area (Å²) in [5, 5.41) is 14.0. The first kappa shape index (κ1) is 19.0. The Labute approximate surface area is 150 Å². The summed E-state index contributed by atoms with van der Waals surface area (Å²) in [6.45, 7) is 1.61. The zero-order valence-corrected chi connectivity index (χ0v) is 14.2. The van der Waals surface area contributed by atoms with Crippen LogP contribution < -0.4 is 15.4 Å². The number of nitrogens with one attached hydrogen (secondary N) is 2. The van der Waals surface area contributed by atoms with Crippen molar-refractivity contribution in [3.05, 3.63) is 54.0 Å². The van der Waals surface area contributed by atoms with Gasteiger partial charge in [-0.05, 0) is 36.8 Å². The molecule has 0 spiro atoms. The molecule has 2 aromatic rings. The molecule has 0 radical (unpaired) electrons.